The molecule has 2 aromatic heterocycles. The molecule has 0 atom stereocenters. The van der Waals surface area contributed by atoms with E-state index in [2.05, 4.69) is 9.97 Å². The van der Waals surface area contributed by atoms with Crippen LogP contribution in [0.4, 0.5) is 0 Å². The van der Waals surface area contributed by atoms with Crippen molar-refractivity contribution in [3.8, 4) is 5.75 Å². The second kappa shape index (κ2) is 10.2. The molecule has 4 rings (SSSR count). The molecule has 0 spiro atoms. The van der Waals surface area contributed by atoms with Crippen LogP contribution < -0.4 is 4.74 Å². The Morgan fingerprint density at radius 3 is 2.55 bits per heavy atom. The molecule has 156 valence electrons. The molecule has 0 bridgehead atoms. The topological polar surface area (TPSA) is 61.3 Å². The molecule has 0 aliphatic heterocycles. The van der Waals surface area contributed by atoms with Crippen molar-refractivity contribution in [1.82, 2.24) is 9.97 Å². The first-order valence-electron chi connectivity index (χ1n) is 9.63. The number of rotatable bonds is 8. The van der Waals surface area contributed by atoms with Gasteiger partial charge < -0.3 is 9.47 Å². The smallest absolute Gasteiger partial charge is 0.358 e. The maximum atomic E-state index is 12.3. The van der Waals surface area contributed by atoms with Crippen molar-refractivity contribution in [2.45, 2.75) is 19.6 Å². The minimum absolute atomic E-state index is 0.181. The number of hydrogen-bond donors (Lipinski definition) is 0. The average Bonchev–Trinajstić information content (AvgIpc) is 3.27. The number of benzene rings is 2. The Labute approximate surface area is 189 Å². The van der Waals surface area contributed by atoms with Gasteiger partial charge in [0.2, 0.25) is 0 Å². The van der Waals surface area contributed by atoms with Crippen molar-refractivity contribution in [2.75, 3.05) is 0 Å². The predicted molar refractivity (Wildman–Crippen MR) is 121 cm³/mol. The van der Waals surface area contributed by atoms with Gasteiger partial charge in [-0.15, -0.1) is 11.3 Å². The number of nitrogens with zero attached hydrogens (tertiary/aromatic N) is 2. The molecule has 0 saturated carbocycles. The number of aromatic nitrogens is 2. The van der Waals surface area contributed by atoms with Crippen LogP contribution in [0, 0.1) is 0 Å². The van der Waals surface area contributed by atoms with Crippen molar-refractivity contribution in [3.05, 3.63) is 111 Å². The van der Waals surface area contributed by atoms with E-state index >= 15 is 0 Å². The first-order chi connectivity index (χ1) is 15.2. The van der Waals surface area contributed by atoms with Gasteiger partial charge in [-0.25, -0.2) is 9.78 Å². The van der Waals surface area contributed by atoms with Gasteiger partial charge in [-0.2, -0.15) is 0 Å². The van der Waals surface area contributed by atoms with Crippen LogP contribution in [0.25, 0.3) is 0 Å². The summed E-state index contributed by atoms with van der Waals surface area (Å²) in [5, 5.41) is 3.11. The standard InChI is InChI=1S/C24H19ClN2O3S/c25-20-6-7-22(29-14-17-4-2-1-3-5-17)19(12-20)13-23-27-21(16-31-23)24(28)30-15-18-8-10-26-11-9-18/h1-12,16H,13-15H2. The zero-order valence-corrected chi connectivity index (χ0v) is 18.1. The number of hydrogen-bond acceptors (Lipinski definition) is 6. The van der Waals surface area contributed by atoms with E-state index in [4.69, 9.17) is 21.1 Å². The number of carbonyl (C=O) groups is 1. The molecular formula is C24H19ClN2O3S. The van der Waals surface area contributed by atoms with Gasteiger partial charge >= 0.3 is 5.97 Å². The molecule has 0 radical (unpaired) electrons. The lowest BCUT2D eigenvalue weighted by Crippen LogP contribution is -2.06. The van der Waals surface area contributed by atoms with E-state index < -0.39 is 5.97 Å². The molecular weight excluding hydrogens is 432 g/mol. The number of carbonyl (C=O) groups excluding carboxylic acids is 1. The monoisotopic (exact) mass is 450 g/mol. The van der Waals surface area contributed by atoms with Gasteiger partial charge in [0.25, 0.3) is 0 Å². The van der Waals surface area contributed by atoms with Crippen LogP contribution in [0.15, 0.2) is 78.4 Å². The fraction of sp³-hybridized carbons (Fsp3) is 0.125. The molecule has 5 nitrogen and oxygen atoms in total. The first kappa shape index (κ1) is 21.0. The highest BCUT2D eigenvalue weighted by molar-refractivity contribution is 7.09. The van der Waals surface area contributed by atoms with Crippen molar-refractivity contribution in [2.24, 2.45) is 0 Å². The predicted octanol–water partition coefficient (Wildman–Crippen LogP) is 5.72. The van der Waals surface area contributed by atoms with Crippen molar-refractivity contribution in [3.63, 3.8) is 0 Å². The summed E-state index contributed by atoms with van der Waals surface area (Å²) in [6.07, 6.45) is 3.83. The highest BCUT2D eigenvalue weighted by atomic mass is 35.5. The Balaban J connectivity index is 1.41. The van der Waals surface area contributed by atoms with Gasteiger partial charge in [-0.05, 0) is 41.5 Å². The zero-order valence-electron chi connectivity index (χ0n) is 16.5. The van der Waals surface area contributed by atoms with E-state index in [1.54, 1.807) is 36.0 Å². The van der Waals surface area contributed by atoms with E-state index in [9.17, 15) is 4.79 Å². The van der Waals surface area contributed by atoms with E-state index in [0.29, 0.717) is 23.7 Å². The van der Waals surface area contributed by atoms with Gasteiger partial charge in [0, 0.05) is 34.8 Å². The summed E-state index contributed by atoms with van der Waals surface area (Å²) in [6, 6.07) is 19.1. The van der Waals surface area contributed by atoms with Crippen LogP contribution in [0.1, 0.15) is 32.2 Å². The lowest BCUT2D eigenvalue weighted by molar-refractivity contribution is 0.0466. The molecule has 0 aliphatic rings. The molecule has 4 aromatic rings. The summed E-state index contributed by atoms with van der Waals surface area (Å²) in [4.78, 5) is 20.7. The van der Waals surface area contributed by atoms with Gasteiger partial charge in [-0.1, -0.05) is 41.9 Å². The Morgan fingerprint density at radius 1 is 0.968 bits per heavy atom. The van der Waals surface area contributed by atoms with Gasteiger partial charge in [-0.3, -0.25) is 4.98 Å². The van der Waals surface area contributed by atoms with Crippen molar-refractivity contribution >= 4 is 28.9 Å². The quantitative estimate of drug-likeness (QED) is 0.321. The highest BCUT2D eigenvalue weighted by Gasteiger charge is 2.15. The molecule has 0 N–H and O–H groups in total. The molecule has 0 unspecified atom stereocenters. The van der Waals surface area contributed by atoms with Crippen LogP contribution in [0.5, 0.6) is 5.75 Å². The lowest BCUT2D eigenvalue weighted by atomic mass is 10.1. The normalized spacial score (nSPS) is 10.6. The van der Waals surface area contributed by atoms with Gasteiger partial charge in [0.1, 0.15) is 19.0 Å². The first-order valence-corrected chi connectivity index (χ1v) is 10.9. The fourth-order valence-electron chi connectivity index (χ4n) is 2.91. The Bertz CT molecular complexity index is 1150. The molecule has 0 aliphatic carbocycles. The third kappa shape index (κ3) is 5.90. The van der Waals surface area contributed by atoms with E-state index in [-0.39, 0.29) is 6.61 Å². The Hall–Kier alpha value is -3.22. The third-order valence-corrected chi connectivity index (χ3v) is 5.57. The van der Waals surface area contributed by atoms with E-state index in [1.807, 2.05) is 42.5 Å². The van der Waals surface area contributed by atoms with Crippen molar-refractivity contribution < 1.29 is 14.3 Å². The third-order valence-electron chi connectivity index (χ3n) is 4.48. The van der Waals surface area contributed by atoms with E-state index in [0.717, 1.165) is 27.4 Å². The maximum absolute atomic E-state index is 12.3. The average molecular weight is 451 g/mol. The second-order valence-corrected chi connectivity index (χ2v) is 8.14. The molecule has 0 fully saturated rings. The molecule has 7 heteroatoms. The SMILES string of the molecule is O=C(OCc1ccncc1)c1csc(Cc2cc(Cl)ccc2OCc2ccccc2)n1. The Kier molecular flexibility index (Phi) is 6.92. The van der Waals surface area contributed by atoms with Crippen molar-refractivity contribution in [1.29, 1.82) is 0 Å². The summed E-state index contributed by atoms with van der Waals surface area (Å²) in [7, 11) is 0. The van der Waals surface area contributed by atoms with E-state index in [1.165, 1.54) is 11.3 Å². The van der Waals surface area contributed by atoms with Crippen LogP contribution in [0.2, 0.25) is 5.02 Å². The number of thiazole rings is 1. The second-order valence-electron chi connectivity index (χ2n) is 6.76. The molecule has 0 saturated heterocycles. The zero-order chi connectivity index (χ0) is 21.5. The summed E-state index contributed by atoms with van der Waals surface area (Å²) in [5.41, 5.74) is 3.16. The molecule has 2 aromatic carbocycles. The minimum atomic E-state index is -0.453. The number of esters is 1. The number of pyridine rings is 1. The maximum Gasteiger partial charge on any atom is 0.358 e. The van der Waals surface area contributed by atoms with Gasteiger partial charge in [0.15, 0.2) is 5.69 Å². The highest BCUT2D eigenvalue weighted by Crippen LogP contribution is 2.27. The van der Waals surface area contributed by atoms with Crippen LogP contribution in [-0.2, 0) is 24.4 Å². The lowest BCUT2D eigenvalue weighted by Gasteiger charge is -2.11. The summed E-state index contributed by atoms with van der Waals surface area (Å²) < 4.78 is 11.4. The number of halogens is 1. The number of ether oxygens (including phenoxy) is 2. The van der Waals surface area contributed by atoms with Gasteiger partial charge in [0.05, 0.1) is 5.01 Å². The summed E-state index contributed by atoms with van der Waals surface area (Å²) >= 11 is 7.61. The minimum Gasteiger partial charge on any atom is -0.489 e. The molecule has 2 heterocycles. The largest absolute Gasteiger partial charge is 0.489 e. The summed E-state index contributed by atoms with van der Waals surface area (Å²) in [5.74, 6) is 0.288. The van der Waals surface area contributed by atoms with Crippen LogP contribution in [-0.4, -0.2) is 15.9 Å². The van der Waals surface area contributed by atoms with Crippen LogP contribution >= 0.6 is 22.9 Å². The fourth-order valence-corrected chi connectivity index (χ4v) is 3.89. The molecule has 0 amide bonds. The van der Waals surface area contributed by atoms with Crippen LogP contribution in [0.3, 0.4) is 0 Å². The molecule has 31 heavy (non-hydrogen) atoms. The summed E-state index contributed by atoms with van der Waals surface area (Å²) in [6.45, 7) is 0.639. The Morgan fingerprint density at radius 2 is 1.74 bits per heavy atom.